The number of aromatic nitrogens is 4. The van der Waals surface area contributed by atoms with E-state index in [9.17, 15) is 0 Å². The Kier molecular flexibility index (Phi) is 4.26. The third kappa shape index (κ3) is 2.79. The topological polar surface area (TPSA) is 49.6 Å². The van der Waals surface area contributed by atoms with E-state index in [2.05, 4.69) is 76.8 Å². The van der Waals surface area contributed by atoms with Crippen LogP contribution in [0.4, 0.5) is 11.5 Å². The van der Waals surface area contributed by atoms with Gasteiger partial charge in [-0.25, -0.2) is 4.98 Å². The van der Waals surface area contributed by atoms with Crippen molar-refractivity contribution in [1.29, 1.82) is 0 Å². The lowest BCUT2D eigenvalue weighted by Gasteiger charge is -2.42. The average molecular weight is 350 g/mol. The fourth-order valence-electron chi connectivity index (χ4n) is 4.05. The van der Waals surface area contributed by atoms with Gasteiger partial charge in [-0.15, -0.1) is 0 Å². The largest absolute Gasteiger partial charge is 0.365 e. The Hall–Kier alpha value is -2.63. The minimum atomic E-state index is 0.419. The monoisotopic (exact) mass is 350 g/mol. The zero-order chi connectivity index (χ0) is 18.3. The van der Waals surface area contributed by atoms with Crippen LogP contribution in [0.2, 0.25) is 0 Å². The van der Waals surface area contributed by atoms with Crippen LogP contribution >= 0.6 is 0 Å². The highest BCUT2D eigenvalue weighted by molar-refractivity contribution is 5.57. The summed E-state index contributed by atoms with van der Waals surface area (Å²) in [6.07, 6.45) is 2.54. The lowest BCUT2D eigenvalue weighted by atomic mass is 10.1. The highest BCUT2D eigenvalue weighted by Gasteiger charge is 2.28. The van der Waals surface area contributed by atoms with E-state index in [0.717, 1.165) is 37.6 Å². The Labute approximate surface area is 154 Å². The Bertz CT molecular complexity index is 931. The smallest absolute Gasteiger partial charge is 0.254 e. The lowest BCUT2D eigenvalue weighted by molar-refractivity contribution is 0.541. The van der Waals surface area contributed by atoms with Gasteiger partial charge in [-0.2, -0.15) is 14.6 Å². The second kappa shape index (κ2) is 6.59. The molecule has 1 aromatic carbocycles. The van der Waals surface area contributed by atoms with E-state index in [-0.39, 0.29) is 0 Å². The van der Waals surface area contributed by atoms with Gasteiger partial charge in [0.25, 0.3) is 5.78 Å². The van der Waals surface area contributed by atoms with Gasteiger partial charge in [-0.3, -0.25) is 0 Å². The quantitative estimate of drug-likeness (QED) is 0.727. The second-order valence-corrected chi connectivity index (χ2v) is 7.15. The third-order valence-electron chi connectivity index (χ3n) is 5.32. The average Bonchev–Trinajstić information content (AvgIpc) is 3.08. The maximum absolute atomic E-state index is 4.61. The summed E-state index contributed by atoms with van der Waals surface area (Å²) >= 11 is 0. The predicted octanol–water partition coefficient (Wildman–Crippen LogP) is 3.02. The van der Waals surface area contributed by atoms with Crippen LogP contribution in [0.25, 0.3) is 5.78 Å². The fourth-order valence-corrected chi connectivity index (χ4v) is 4.05. The summed E-state index contributed by atoms with van der Waals surface area (Å²) in [5.41, 5.74) is 4.93. The Morgan fingerprint density at radius 1 is 1.19 bits per heavy atom. The number of benzene rings is 1. The van der Waals surface area contributed by atoms with Crippen LogP contribution in [0.15, 0.2) is 30.6 Å². The molecule has 6 nitrogen and oxygen atoms in total. The van der Waals surface area contributed by atoms with Crippen LogP contribution in [-0.2, 0) is 6.42 Å². The van der Waals surface area contributed by atoms with Crippen molar-refractivity contribution in [3.05, 3.63) is 47.4 Å². The molecule has 0 amide bonds. The molecule has 0 saturated carbocycles. The molecular weight excluding hydrogens is 324 g/mol. The molecule has 2 aromatic heterocycles. The molecule has 1 aliphatic heterocycles. The van der Waals surface area contributed by atoms with Crippen molar-refractivity contribution in [3.63, 3.8) is 0 Å². The third-order valence-corrected chi connectivity index (χ3v) is 5.32. The van der Waals surface area contributed by atoms with Crippen molar-refractivity contribution >= 4 is 17.3 Å². The molecule has 1 atom stereocenters. The molecule has 3 heterocycles. The summed E-state index contributed by atoms with van der Waals surface area (Å²) in [4.78, 5) is 13.9. The first-order valence-electron chi connectivity index (χ1n) is 9.36. The number of aryl methyl sites for hydroxylation is 2. The minimum Gasteiger partial charge on any atom is -0.365 e. The maximum atomic E-state index is 4.61. The van der Waals surface area contributed by atoms with Crippen LogP contribution in [-0.4, -0.2) is 45.3 Å². The molecule has 0 aliphatic carbocycles. The Morgan fingerprint density at radius 3 is 2.77 bits per heavy atom. The molecule has 6 heteroatoms. The van der Waals surface area contributed by atoms with Gasteiger partial charge >= 0.3 is 0 Å². The minimum absolute atomic E-state index is 0.419. The molecular formula is C20H26N6. The predicted molar refractivity (Wildman–Crippen MR) is 105 cm³/mol. The van der Waals surface area contributed by atoms with Crippen molar-refractivity contribution in [2.45, 2.75) is 40.2 Å². The number of fused-ring (bicyclic) bond motifs is 1. The Balaban J connectivity index is 1.67. The normalized spacial score (nSPS) is 17.9. The van der Waals surface area contributed by atoms with Crippen molar-refractivity contribution in [2.24, 2.45) is 0 Å². The van der Waals surface area contributed by atoms with Crippen LogP contribution in [0, 0.1) is 13.8 Å². The first kappa shape index (κ1) is 16.8. The standard InChI is InChI=1S/C20H26N6/c1-5-18-16(4)23-20-21-13-22-26(20)19(18)24-9-10-25(15(3)12-24)17-8-6-7-14(2)11-17/h6-8,11,13,15H,5,9-10,12H2,1-4H3/t15-/m1/s1. The summed E-state index contributed by atoms with van der Waals surface area (Å²) in [5, 5.41) is 4.45. The van der Waals surface area contributed by atoms with Crippen molar-refractivity contribution in [2.75, 3.05) is 29.4 Å². The number of hydrogen-bond acceptors (Lipinski definition) is 5. The number of anilines is 2. The zero-order valence-corrected chi connectivity index (χ0v) is 16.0. The van der Waals surface area contributed by atoms with Gasteiger partial charge in [0, 0.05) is 42.6 Å². The lowest BCUT2D eigenvalue weighted by Crippen LogP contribution is -2.53. The summed E-state index contributed by atoms with van der Waals surface area (Å²) in [7, 11) is 0. The second-order valence-electron chi connectivity index (χ2n) is 7.15. The molecule has 3 aromatic rings. The molecule has 0 bridgehead atoms. The molecule has 0 unspecified atom stereocenters. The van der Waals surface area contributed by atoms with Gasteiger partial charge in [0.15, 0.2) is 0 Å². The summed E-state index contributed by atoms with van der Waals surface area (Å²) in [6.45, 7) is 11.6. The summed E-state index contributed by atoms with van der Waals surface area (Å²) in [6, 6.07) is 9.20. The SMILES string of the molecule is CCc1c(C)nc2ncnn2c1N1CCN(c2cccc(C)c2)[C@H](C)C1. The Morgan fingerprint density at radius 2 is 2.04 bits per heavy atom. The number of rotatable bonds is 3. The molecule has 0 radical (unpaired) electrons. The zero-order valence-electron chi connectivity index (χ0n) is 16.0. The highest BCUT2D eigenvalue weighted by atomic mass is 15.4. The number of hydrogen-bond donors (Lipinski definition) is 0. The van der Waals surface area contributed by atoms with Crippen LogP contribution in [0.5, 0.6) is 0 Å². The van der Waals surface area contributed by atoms with Gasteiger partial charge in [0.1, 0.15) is 12.1 Å². The molecule has 4 rings (SSSR count). The summed E-state index contributed by atoms with van der Waals surface area (Å²) in [5.74, 6) is 1.84. The van der Waals surface area contributed by atoms with Crippen LogP contribution in [0.3, 0.4) is 0 Å². The van der Waals surface area contributed by atoms with Crippen molar-refractivity contribution in [1.82, 2.24) is 19.6 Å². The molecule has 0 N–H and O–H groups in total. The highest BCUT2D eigenvalue weighted by Crippen LogP contribution is 2.28. The van der Waals surface area contributed by atoms with E-state index in [0.29, 0.717) is 11.8 Å². The van der Waals surface area contributed by atoms with Gasteiger partial charge < -0.3 is 9.80 Å². The van der Waals surface area contributed by atoms with Gasteiger partial charge in [0.05, 0.1) is 0 Å². The maximum Gasteiger partial charge on any atom is 0.254 e. The van der Waals surface area contributed by atoms with Crippen LogP contribution in [0.1, 0.15) is 30.7 Å². The molecule has 136 valence electrons. The van der Waals surface area contributed by atoms with E-state index in [1.54, 1.807) is 6.33 Å². The fraction of sp³-hybridized carbons (Fsp3) is 0.450. The molecule has 1 fully saturated rings. The van der Waals surface area contributed by atoms with E-state index < -0.39 is 0 Å². The van der Waals surface area contributed by atoms with Gasteiger partial charge in [0.2, 0.25) is 0 Å². The number of piperazine rings is 1. The van der Waals surface area contributed by atoms with Gasteiger partial charge in [-0.1, -0.05) is 19.1 Å². The van der Waals surface area contributed by atoms with Crippen LogP contribution < -0.4 is 9.80 Å². The molecule has 1 aliphatic rings. The van der Waals surface area contributed by atoms with E-state index in [1.807, 2.05) is 4.52 Å². The molecule has 1 saturated heterocycles. The van der Waals surface area contributed by atoms with Gasteiger partial charge in [-0.05, 0) is 44.9 Å². The van der Waals surface area contributed by atoms with Crippen molar-refractivity contribution in [3.8, 4) is 0 Å². The first-order chi connectivity index (χ1) is 12.6. The number of nitrogens with zero attached hydrogens (tertiary/aromatic N) is 6. The molecule has 26 heavy (non-hydrogen) atoms. The van der Waals surface area contributed by atoms with Crippen molar-refractivity contribution < 1.29 is 0 Å². The molecule has 0 spiro atoms. The first-order valence-corrected chi connectivity index (χ1v) is 9.36. The van der Waals surface area contributed by atoms with E-state index >= 15 is 0 Å². The van der Waals surface area contributed by atoms with E-state index in [4.69, 9.17) is 0 Å². The van der Waals surface area contributed by atoms with E-state index in [1.165, 1.54) is 16.8 Å². The summed E-state index contributed by atoms with van der Waals surface area (Å²) < 4.78 is 1.90.